The van der Waals surface area contributed by atoms with Crippen LogP contribution in [-0.4, -0.2) is 13.2 Å². The number of hydrogen-bond donors (Lipinski definition) is 0. The van der Waals surface area contributed by atoms with E-state index < -0.39 is 63.9 Å². The van der Waals surface area contributed by atoms with Crippen molar-refractivity contribution < 1.29 is 44.9 Å². The van der Waals surface area contributed by atoms with Crippen molar-refractivity contribution in [3.05, 3.63) is 88.7 Å². The highest BCUT2D eigenvalue weighted by Crippen LogP contribution is 2.37. The molecule has 0 saturated carbocycles. The van der Waals surface area contributed by atoms with Crippen LogP contribution in [-0.2, 0) is 15.6 Å². The second kappa shape index (κ2) is 9.27. The number of rotatable bonds is 5. The molecular formula is C24H17F7O3. The number of halogens is 7. The normalized spacial score (nSPS) is 18.7. The standard InChI is InChI=1S/C24H17F7O3/c1-12-10-32-23(33-11-12)13-2-4-15(5-3-13)24(30,31)34-19-7-6-16(20(27)22(19)29)14-8-17(25)21(28)18(26)9-14/h2-9,12,23H,10-11H2,1H3. The molecule has 0 amide bonds. The number of hydrogen-bond acceptors (Lipinski definition) is 3. The summed E-state index contributed by atoms with van der Waals surface area (Å²) in [5.41, 5.74) is -1.35. The molecule has 0 aromatic heterocycles. The van der Waals surface area contributed by atoms with Gasteiger partial charge in [0, 0.05) is 17.0 Å². The monoisotopic (exact) mass is 486 g/mol. The second-order valence-corrected chi connectivity index (χ2v) is 7.84. The molecule has 1 aliphatic heterocycles. The molecule has 10 heteroatoms. The van der Waals surface area contributed by atoms with Crippen LogP contribution >= 0.6 is 0 Å². The van der Waals surface area contributed by atoms with E-state index in [1.807, 2.05) is 6.92 Å². The second-order valence-electron chi connectivity index (χ2n) is 7.84. The van der Waals surface area contributed by atoms with Gasteiger partial charge in [-0.2, -0.15) is 13.2 Å². The molecule has 0 spiro atoms. The summed E-state index contributed by atoms with van der Waals surface area (Å²) in [4.78, 5) is 0. The van der Waals surface area contributed by atoms with Crippen LogP contribution < -0.4 is 4.74 Å². The first-order valence-electron chi connectivity index (χ1n) is 10.1. The summed E-state index contributed by atoms with van der Waals surface area (Å²) >= 11 is 0. The predicted molar refractivity (Wildman–Crippen MR) is 106 cm³/mol. The summed E-state index contributed by atoms with van der Waals surface area (Å²) in [5.74, 6) is -9.46. The molecule has 1 heterocycles. The lowest BCUT2D eigenvalue weighted by molar-refractivity contribution is -0.202. The Morgan fingerprint density at radius 2 is 1.38 bits per heavy atom. The molecule has 0 N–H and O–H groups in total. The van der Waals surface area contributed by atoms with Gasteiger partial charge in [-0.15, -0.1) is 0 Å². The first-order chi connectivity index (χ1) is 16.1. The molecule has 3 aromatic rings. The molecule has 3 nitrogen and oxygen atoms in total. The first-order valence-corrected chi connectivity index (χ1v) is 10.1. The van der Waals surface area contributed by atoms with Gasteiger partial charge in [0.2, 0.25) is 5.82 Å². The van der Waals surface area contributed by atoms with Crippen molar-refractivity contribution in [3.63, 3.8) is 0 Å². The quantitative estimate of drug-likeness (QED) is 0.291. The molecule has 4 rings (SSSR count). The van der Waals surface area contributed by atoms with Gasteiger partial charge in [-0.3, -0.25) is 0 Å². The van der Waals surface area contributed by atoms with Crippen molar-refractivity contribution in [3.8, 4) is 16.9 Å². The van der Waals surface area contributed by atoms with Gasteiger partial charge in [-0.25, -0.2) is 17.6 Å². The number of ether oxygens (including phenoxy) is 3. The van der Waals surface area contributed by atoms with Crippen molar-refractivity contribution in [2.75, 3.05) is 13.2 Å². The van der Waals surface area contributed by atoms with Gasteiger partial charge in [0.1, 0.15) is 0 Å². The molecule has 3 aromatic carbocycles. The van der Waals surface area contributed by atoms with E-state index in [1.54, 1.807) is 0 Å². The van der Waals surface area contributed by atoms with Crippen LogP contribution in [0.3, 0.4) is 0 Å². The Bertz CT molecular complexity index is 1170. The molecule has 0 bridgehead atoms. The molecule has 1 fully saturated rings. The van der Waals surface area contributed by atoms with Crippen LogP contribution in [0.15, 0.2) is 48.5 Å². The van der Waals surface area contributed by atoms with Crippen LogP contribution in [0.1, 0.15) is 24.3 Å². The highest BCUT2D eigenvalue weighted by Gasteiger charge is 2.36. The average molecular weight is 486 g/mol. The Balaban J connectivity index is 1.55. The minimum Gasteiger partial charge on any atom is -0.426 e. The van der Waals surface area contributed by atoms with Gasteiger partial charge >= 0.3 is 6.11 Å². The van der Waals surface area contributed by atoms with Gasteiger partial charge in [0.25, 0.3) is 0 Å². The smallest absolute Gasteiger partial charge is 0.426 e. The molecule has 0 aliphatic carbocycles. The van der Waals surface area contributed by atoms with Gasteiger partial charge in [-0.1, -0.05) is 19.1 Å². The van der Waals surface area contributed by atoms with Crippen LogP contribution in [0, 0.1) is 35.0 Å². The van der Waals surface area contributed by atoms with Gasteiger partial charge in [0.15, 0.2) is 35.3 Å². The van der Waals surface area contributed by atoms with E-state index in [-0.39, 0.29) is 5.92 Å². The summed E-state index contributed by atoms with van der Waals surface area (Å²) in [6.45, 7) is 2.83. The lowest BCUT2D eigenvalue weighted by Crippen LogP contribution is -2.25. The topological polar surface area (TPSA) is 27.7 Å². The van der Waals surface area contributed by atoms with E-state index in [4.69, 9.17) is 9.47 Å². The molecule has 0 radical (unpaired) electrons. The summed E-state index contributed by atoms with van der Waals surface area (Å²) in [6.07, 6.45) is -4.76. The fourth-order valence-electron chi connectivity index (χ4n) is 3.37. The SMILES string of the molecule is CC1COC(c2ccc(C(F)(F)Oc3ccc(-c4cc(F)c(F)c(F)c4)c(F)c3F)cc2)OC1. The van der Waals surface area contributed by atoms with Crippen LogP contribution in [0.2, 0.25) is 0 Å². The molecule has 180 valence electrons. The minimum atomic E-state index is -4.05. The third-order valence-corrected chi connectivity index (χ3v) is 5.16. The molecule has 34 heavy (non-hydrogen) atoms. The largest absolute Gasteiger partial charge is 0.426 e. The van der Waals surface area contributed by atoms with Crippen LogP contribution in [0.4, 0.5) is 30.7 Å². The van der Waals surface area contributed by atoms with Gasteiger partial charge in [0.05, 0.1) is 18.8 Å². The number of benzene rings is 3. The minimum absolute atomic E-state index is 0.205. The Morgan fingerprint density at radius 3 is 1.97 bits per heavy atom. The van der Waals surface area contributed by atoms with Gasteiger partial charge < -0.3 is 14.2 Å². The third kappa shape index (κ3) is 4.74. The molecule has 0 unspecified atom stereocenters. The first kappa shape index (κ1) is 24.0. The van der Waals surface area contributed by atoms with E-state index in [0.717, 1.165) is 18.2 Å². The van der Waals surface area contributed by atoms with Crippen molar-refractivity contribution in [1.82, 2.24) is 0 Å². The van der Waals surface area contributed by atoms with Gasteiger partial charge in [-0.05, 0) is 42.0 Å². The maximum atomic E-state index is 14.6. The average Bonchev–Trinajstić information content (AvgIpc) is 2.81. The van der Waals surface area contributed by atoms with Crippen molar-refractivity contribution in [2.45, 2.75) is 19.3 Å². The third-order valence-electron chi connectivity index (χ3n) is 5.16. The lowest BCUT2D eigenvalue weighted by atomic mass is 10.0. The van der Waals surface area contributed by atoms with Crippen molar-refractivity contribution in [2.24, 2.45) is 5.92 Å². The predicted octanol–water partition coefficient (Wildman–Crippen LogP) is 6.86. The van der Waals surface area contributed by atoms with E-state index in [1.165, 1.54) is 12.1 Å². The zero-order chi connectivity index (χ0) is 24.6. The van der Waals surface area contributed by atoms with E-state index >= 15 is 0 Å². The summed E-state index contributed by atoms with van der Waals surface area (Å²) in [7, 11) is 0. The summed E-state index contributed by atoms with van der Waals surface area (Å²) in [5, 5.41) is 0. The molecule has 0 atom stereocenters. The Morgan fingerprint density at radius 1 is 0.794 bits per heavy atom. The molecular weight excluding hydrogens is 469 g/mol. The van der Waals surface area contributed by atoms with E-state index in [2.05, 4.69) is 4.74 Å². The highest BCUT2D eigenvalue weighted by atomic mass is 19.3. The van der Waals surface area contributed by atoms with Crippen LogP contribution in [0.25, 0.3) is 11.1 Å². The van der Waals surface area contributed by atoms with Crippen molar-refractivity contribution >= 4 is 0 Å². The molecule has 1 aliphatic rings. The van der Waals surface area contributed by atoms with Crippen molar-refractivity contribution in [1.29, 1.82) is 0 Å². The fraction of sp³-hybridized carbons (Fsp3) is 0.250. The number of alkyl halides is 2. The molecule has 1 saturated heterocycles. The zero-order valence-corrected chi connectivity index (χ0v) is 17.6. The fourth-order valence-corrected chi connectivity index (χ4v) is 3.37. The zero-order valence-electron chi connectivity index (χ0n) is 17.6. The van der Waals surface area contributed by atoms with Crippen LogP contribution in [0.5, 0.6) is 5.75 Å². The lowest BCUT2D eigenvalue weighted by Gasteiger charge is -2.28. The maximum Gasteiger partial charge on any atom is 0.426 e. The summed E-state index contributed by atoms with van der Waals surface area (Å²) < 4.78 is 114. The van der Waals surface area contributed by atoms with E-state index in [0.29, 0.717) is 37.0 Å². The highest BCUT2D eigenvalue weighted by molar-refractivity contribution is 5.65. The van der Waals surface area contributed by atoms with E-state index in [9.17, 15) is 30.7 Å². The Kier molecular flexibility index (Phi) is 6.55. The Labute approximate surface area is 189 Å². The Hall–Kier alpha value is -3.11. The summed E-state index contributed by atoms with van der Waals surface area (Å²) in [6, 6.07) is 7.12. The maximum absolute atomic E-state index is 14.6.